The van der Waals surface area contributed by atoms with E-state index >= 15 is 0 Å². The zero-order valence-corrected chi connectivity index (χ0v) is 15.2. The summed E-state index contributed by atoms with van der Waals surface area (Å²) in [6.07, 6.45) is 6.27. The molecule has 0 aliphatic heterocycles. The molecule has 0 spiro atoms. The van der Waals surface area contributed by atoms with Gasteiger partial charge in [0.15, 0.2) is 0 Å². The predicted molar refractivity (Wildman–Crippen MR) is 87.7 cm³/mol. The first-order chi connectivity index (χ1) is 9.88. The monoisotopic (exact) mass is 390 g/mol. The van der Waals surface area contributed by atoms with Crippen molar-refractivity contribution in [3.05, 3.63) is 15.4 Å². The maximum atomic E-state index is 12.6. The molecular weight excluding hydrogens is 372 g/mol. The van der Waals surface area contributed by atoms with Crippen LogP contribution in [0, 0.1) is 18.3 Å². The van der Waals surface area contributed by atoms with Crippen LogP contribution in [0.2, 0.25) is 0 Å². The van der Waals surface area contributed by atoms with Crippen molar-refractivity contribution in [1.82, 2.24) is 4.72 Å². The highest BCUT2D eigenvalue weighted by Gasteiger charge is 2.36. The summed E-state index contributed by atoms with van der Waals surface area (Å²) in [6.45, 7) is 1.86. The van der Waals surface area contributed by atoms with Gasteiger partial charge in [0.05, 0.1) is 9.86 Å². The Kier molecular flexibility index (Phi) is 5.47. The predicted octanol–water partition coefficient (Wildman–Crippen LogP) is 4.10. The van der Waals surface area contributed by atoms with Gasteiger partial charge in [-0.2, -0.15) is 9.98 Å². The second-order valence-corrected chi connectivity index (χ2v) is 9.87. The highest BCUT2D eigenvalue weighted by Crippen LogP contribution is 2.33. The van der Waals surface area contributed by atoms with E-state index in [4.69, 9.17) is 0 Å². The van der Waals surface area contributed by atoms with Crippen molar-refractivity contribution in [1.29, 1.82) is 5.26 Å². The van der Waals surface area contributed by atoms with Crippen LogP contribution in [0.15, 0.2) is 14.1 Å². The first kappa shape index (κ1) is 16.9. The minimum Gasteiger partial charge on any atom is -0.206 e. The van der Waals surface area contributed by atoms with E-state index in [0.29, 0.717) is 12.8 Å². The van der Waals surface area contributed by atoms with E-state index in [0.717, 1.165) is 35.0 Å². The molecule has 2 rings (SSSR count). The third-order valence-corrected chi connectivity index (χ3v) is 8.00. The van der Waals surface area contributed by atoms with Crippen molar-refractivity contribution in [3.63, 3.8) is 0 Å². The Morgan fingerprint density at radius 2 is 1.86 bits per heavy atom. The van der Waals surface area contributed by atoms with Gasteiger partial charge in [0, 0.05) is 0 Å². The molecule has 1 saturated carbocycles. The largest absolute Gasteiger partial charge is 0.251 e. The van der Waals surface area contributed by atoms with Gasteiger partial charge < -0.3 is 0 Å². The van der Waals surface area contributed by atoms with E-state index in [2.05, 4.69) is 26.7 Å². The van der Waals surface area contributed by atoms with Crippen molar-refractivity contribution in [3.8, 4) is 6.07 Å². The first-order valence-corrected chi connectivity index (χ1v) is 10.2. The molecular formula is C14H19BrN2O2S2. The van der Waals surface area contributed by atoms with Gasteiger partial charge in [0.25, 0.3) is 10.0 Å². The van der Waals surface area contributed by atoms with E-state index in [1.54, 1.807) is 6.07 Å². The van der Waals surface area contributed by atoms with E-state index in [1.165, 1.54) is 17.8 Å². The van der Waals surface area contributed by atoms with Gasteiger partial charge in [-0.1, -0.05) is 32.1 Å². The maximum Gasteiger partial charge on any atom is 0.251 e. The van der Waals surface area contributed by atoms with Crippen LogP contribution in [-0.2, 0) is 10.0 Å². The van der Waals surface area contributed by atoms with E-state index in [1.807, 2.05) is 6.92 Å². The fraction of sp³-hybridized carbons (Fsp3) is 0.643. The first-order valence-electron chi connectivity index (χ1n) is 7.10. The summed E-state index contributed by atoms with van der Waals surface area (Å²) in [4.78, 5) is 0. The number of nitrogens with zero attached hydrogens (tertiary/aromatic N) is 1. The average molecular weight is 391 g/mol. The summed E-state index contributed by atoms with van der Waals surface area (Å²) < 4.78 is 28.9. The lowest BCUT2D eigenvalue weighted by atomic mass is 9.86. The maximum absolute atomic E-state index is 12.6. The molecule has 0 saturated heterocycles. The zero-order chi connectivity index (χ0) is 15.5. The van der Waals surface area contributed by atoms with Gasteiger partial charge in [-0.3, -0.25) is 0 Å². The molecule has 4 nitrogen and oxygen atoms in total. The van der Waals surface area contributed by atoms with Crippen LogP contribution in [0.3, 0.4) is 0 Å². The molecule has 1 aromatic rings. The van der Waals surface area contributed by atoms with Crippen molar-refractivity contribution >= 4 is 37.3 Å². The molecule has 1 N–H and O–H groups in total. The second-order valence-electron chi connectivity index (χ2n) is 5.59. The number of rotatable bonds is 3. The van der Waals surface area contributed by atoms with Gasteiger partial charge in [-0.05, 0) is 47.3 Å². The van der Waals surface area contributed by atoms with Gasteiger partial charge in [0.1, 0.15) is 9.75 Å². The zero-order valence-electron chi connectivity index (χ0n) is 12.0. The third kappa shape index (κ3) is 4.07. The van der Waals surface area contributed by atoms with Crippen LogP contribution in [-0.4, -0.2) is 14.0 Å². The second kappa shape index (κ2) is 6.78. The lowest BCUT2D eigenvalue weighted by Gasteiger charge is -2.29. The topological polar surface area (TPSA) is 70.0 Å². The summed E-state index contributed by atoms with van der Waals surface area (Å²) >= 11 is 4.53. The number of hydrogen-bond donors (Lipinski definition) is 1. The number of aryl methyl sites for hydroxylation is 1. The number of hydrogen-bond acceptors (Lipinski definition) is 4. The quantitative estimate of drug-likeness (QED) is 0.843. The minimum atomic E-state index is -3.64. The fourth-order valence-electron chi connectivity index (χ4n) is 2.62. The average Bonchev–Trinajstić information content (AvgIpc) is 2.74. The van der Waals surface area contributed by atoms with Gasteiger partial charge in [-0.25, -0.2) is 8.42 Å². The number of nitriles is 1. The molecule has 0 atom stereocenters. The Bertz CT molecular complexity index is 619. The van der Waals surface area contributed by atoms with E-state index in [-0.39, 0.29) is 4.21 Å². The van der Waals surface area contributed by atoms with Crippen molar-refractivity contribution in [2.24, 2.45) is 0 Å². The summed E-state index contributed by atoms with van der Waals surface area (Å²) in [6, 6.07) is 3.88. The number of sulfonamides is 1. The van der Waals surface area contributed by atoms with Crippen molar-refractivity contribution in [2.45, 2.75) is 61.6 Å². The highest BCUT2D eigenvalue weighted by atomic mass is 79.9. The fourth-order valence-corrected chi connectivity index (χ4v) is 6.22. The lowest BCUT2D eigenvalue weighted by Crippen LogP contribution is -2.47. The van der Waals surface area contributed by atoms with E-state index in [9.17, 15) is 13.7 Å². The number of thiophene rings is 1. The van der Waals surface area contributed by atoms with Crippen molar-refractivity contribution in [2.75, 3.05) is 0 Å². The molecule has 1 aromatic heterocycles. The third-order valence-electron chi connectivity index (χ3n) is 3.85. The van der Waals surface area contributed by atoms with Crippen LogP contribution in [0.4, 0.5) is 0 Å². The Balaban J connectivity index is 2.25. The Labute approximate surface area is 138 Å². The summed E-state index contributed by atoms with van der Waals surface area (Å²) in [7, 11) is -3.64. The molecule has 0 bridgehead atoms. The van der Waals surface area contributed by atoms with Crippen molar-refractivity contribution < 1.29 is 8.42 Å². The normalized spacial score (nSPS) is 19.5. The van der Waals surface area contributed by atoms with Gasteiger partial charge >= 0.3 is 0 Å². The summed E-state index contributed by atoms with van der Waals surface area (Å²) in [5.74, 6) is 0. The Morgan fingerprint density at radius 3 is 2.33 bits per heavy atom. The smallest absolute Gasteiger partial charge is 0.206 e. The molecule has 1 fully saturated rings. The molecule has 116 valence electrons. The van der Waals surface area contributed by atoms with Gasteiger partial charge in [-0.15, -0.1) is 11.3 Å². The van der Waals surface area contributed by atoms with Crippen LogP contribution in [0.25, 0.3) is 0 Å². The number of halogens is 1. The summed E-state index contributed by atoms with van der Waals surface area (Å²) in [5.41, 5.74) is -0.0621. The van der Waals surface area contributed by atoms with E-state index < -0.39 is 15.6 Å². The SMILES string of the molecule is Cc1cc(S(=O)(=O)NC2(C#N)CCCCCCC2)sc1Br. The molecule has 21 heavy (non-hydrogen) atoms. The Hall–Kier alpha value is -0.420. The van der Waals surface area contributed by atoms with Crippen LogP contribution >= 0.6 is 27.3 Å². The summed E-state index contributed by atoms with van der Waals surface area (Å²) in [5, 5.41) is 9.55. The molecule has 7 heteroatoms. The minimum absolute atomic E-state index is 0.267. The number of nitrogens with one attached hydrogen (secondary N) is 1. The molecule has 0 aromatic carbocycles. The van der Waals surface area contributed by atoms with Crippen LogP contribution in [0.1, 0.15) is 50.5 Å². The molecule has 0 radical (unpaired) electrons. The highest BCUT2D eigenvalue weighted by molar-refractivity contribution is 9.11. The van der Waals surface area contributed by atoms with Gasteiger partial charge in [0.2, 0.25) is 0 Å². The molecule has 1 aliphatic carbocycles. The molecule has 1 aliphatic rings. The molecule has 0 amide bonds. The standard InChI is InChI=1S/C14H19BrN2O2S2/c1-11-9-12(20-13(11)15)21(18,19)17-14(10-16)7-5-3-2-4-6-8-14/h9,17H,2-8H2,1H3. The van der Waals surface area contributed by atoms with Crippen LogP contribution < -0.4 is 4.72 Å². The molecule has 1 heterocycles. The van der Waals surface area contributed by atoms with Crippen LogP contribution in [0.5, 0.6) is 0 Å². The lowest BCUT2D eigenvalue weighted by molar-refractivity contribution is 0.357. The molecule has 0 unspecified atom stereocenters. The Morgan fingerprint density at radius 1 is 1.29 bits per heavy atom.